The van der Waals surface area contributed by atoms with E-state index in [1.165, 1.54) is 4.90 Å². The fourth-order valence-electron chi connectivity index (χ4n) is 1.54. The lowest BCUT2D eigenvalue weighted by Crippen LogP contribution is -2.28. The van der Waals surface area contributed by atoms with Gasteiger partial charge in [-0.05, 0) is 24.3 Å². The number of nitrogen functional groups attached to an aromatic ring is 1. The molecule has 0 bridgehead atoms. The Balaban J connectivity index is 2.32. The van der Waals surface area contributed by atoms with Crippen LogP contribution in [0.1, 0.15) is 10.4 Å². The molecule has 2 aromatic rings. The van der Waals surface area contributed by atoms with Crippen LogP contribution in [0.15, 0.2) is 42.9 Å². The molecule has 0 spiro atoms. The molecule has 2 rings (SSSR count). The Labute approximate surface area is 104 Å². The van der Waals surface area contributed by atoms with Gasteiger partial charge in [0.05, 0.1) is 17.4 Å². The maximum Gasteiger partial charge on any atom is 0.261 e. The standard InChI is InChI=1S/C12H13N5O/c1-17(9-4-2-6-14-8-9)12(18)10-5-3-7-15-11(10)16-13/h2-8H,13H2,1H3,(H,15,16). The van der Waals surface area contributed by atoms with Crippen molar-refractivity contribution in [1.82, 2.24) is 9.97 Å². The smallest absolute Gasteiger partial charge is 0.261 e. The van der Waals surface area contributed by atoms with E-state index < -0.39 is 0 Å². The number of pyridine rings is 2. The fraction of sp³-hybridized carbons (Fsp3) is 0.0833. The number of hydrazine groups is 1. The zero-order valence-corrected chi connectivity index (χ0v) is 9.87. The number of nitrogens with two attached hydrogens (primary N) is 1. The van der Waals surface area contributed by atoms with Gasteiger partial charge in [0, 0.05) is 19.4 Å². The SMILES string of the molecule is CN(C(=O)c1cccnc1NN)c1cccnc1. The predicted octanol–water partition coefficient (Wildman–Crippen LogP) is 1.04. The van der Waals surface area contributed by atoms with Gasteiger partial charge in [0.2, 0.25) is 0 Å². The summed E-state index contributed by atoms with van der Waals surface area (Å²) in [7, 11) is 1.67. The van der Waals surface area contributed by atoms with Gasteiger partial charge in [-0.1, -0.05) is 0 Å². The normalized spacial score (nSPS) is 9.89. The van der Waals surface area contributed by atoms with E-state index in [4.69, 9.17) is 5.84 Å². The van der Waals surface area contributed by atoms with E-state index in [1.807, 2.05) is 0 Å². The van der Waals surface area contributed by atoms with Crippen molar-refractivity contribution >= 4 is 17.4 Å². The zero-order valence-electron chi connectivity index (χ0n) is 9.87. The molecule has 2 aromatic heterocycles. The molecule has 6 nitrogen and oxygen atoms in total. The molecule has 0 aliphatic carbocycles. The van der Waals surface area contributed by atoms with Crippen LogP contribution in [-0.2, 0) is 0 Å². The van der Waals surface area contributed by atoms with Gasteiger partial charge in [0.15, 0.2) is 5.82 Å². The second kappa shape index (κ2) is 5.24. The quantitative estimate of drug-likeness (QED) is 0.621. The number of carbonyl (C=O) groups is 1. The molecule has 0 aliphatic rings. The summed E-state index contributed by atoms with van der Waals surface area (Å²) in [6.07, 6.45) is 4.83. The molecule has 0 fully saturated rings. The van der Waals surface area contributed by atoms with Gasteiger partial charge in [-0.15, -0.1) is 0 Å². The molecule has 1 amide bonds. The Hall–Kier alpha value is -2.47. The highest BCUT2D eigenvalue weighted by molar-refractivity contribution is 6.08. The minimum absolute atomic E-state index is 0.205. The largest absolute Gasteiger partial charge is 0.310 e. The number of amides is 1. The third-order valence-electron chi connectivity index (χ3n) is 2.51. The van der Waals surface area contributed by atoms with Crippen molar-refractivity contribution in [3.05, 3.63) is 48.4 Å². The van der Waals surface area contributed by atoms with Gasteiger partial charge in [-0.25, -0.2) is 10.8 Å². The van der Waals surface area contributed by atoms with Gasteiger partial charge in [0.1, 0.15) is 0 Å². The fourth-order valence-corrected chi connectivity index (χ4v) is 1.54. The summed E-state index contributed by atoms with van der Waals surface area (Å²) in [4.78, 5) is 21.7. The summed E-state index contributed by atoms with van der Waals surface area (Å²) in [6, 6.07) is 6.92. The molecular formula is C12H13N5O. The van der Waals surface area contributed by atoms with Crippen LogP contribution < -0.4 is 16.2 Å². The molecule has 0 saturated carbocycles. The van der Waals surface area contributed by atoms with Crippen molar-refractivity contribution in [2.24, 2.45) is 5.84 Å². The van der Waals surface area contributed by atoms with Crippen LogP contribution in [0.25, 0.3) is 0 Å². The predicted molar refractivity (Wildman–Crippen MR) is 69.0 cm³/mol. The summed E-state index contributed by atoms with van der Waals surface area (Å²) in [5.41, 5.74) is 3.52. The lowest BCUT2D eigenvalue weighted by atomic mass is 10.2. The number of hydrogen-bond donors (Lipinski definition) is 2. The first-order valence-electron chi connectivity index (χ1n) is 5.33. The highest BCUT2D eigenvalue weighted by Gasteiger charge is 2.17. The lowest BCUT2D eigenvalue weighted by molar-refractivity contribution is 0.0993. The molecule has 3 N–H and O–H groups in total. The first kappa shape index (κ1) is 12.0. The van der Waals surface area contributed by atoms with Gasteiger partial charge >= 0.3 is 0 Å². The van der Waals surface area contributed by atoms with Crippen LogP contribution in [-0.4, -0.2) is 22.9 Å². The van der Waals surface area contributed by atoms with Crippen molar-refractivity contribution in [3.63, 3.8) is 0 Å². The van der Waals surface area contributed by atoms with Crippen LogP contribution in [0.2, 0.25) is 0 Å². The number of rotatable bonds is 3. The summed E-state index contributed by atoms with van der Waals surface area (Å²) in [5, 5.41) is 0. The first-order valence-corrected chi connectivity index (χ1v) is 5.33. The maximum atomic E-state index is 12.3. The van der Waals surface area contributed by atoms with Gasteiger partial charge < -0.3 is 10.3 Å². The molecule has 0 atom stereocenters. The molecule has 0 saturated heterocycles. The molecule has 6 heteroatoms. The molecule has 2 heterocycles. The Bertz CT molecular complexity index is 543. The van der Waals surface area contributed by atoms with Crippen molar-refractivity contribution < 1.29 is 4.79 Å². The van der Waals surface area contributed by atoms with Crippen LogP contribution in [0.5, 0.6) is 0 Å². The van der Waals surface area contributed by atoms with Crippen molar-refractivity contribution in [1.29, 1.82) is 0 Å². The van der Waals surface area contributed by atoms with Gasteiger partial charge in [-0.3, -0.25) is 9.78 Å². The third kappa shape index (κ3) is 2.28. The number of aromatic nitrogens is 2. The Morgan fingerprint density at radius 1 is 1.33 bits per heavy atom. The minimum atomic E-state index is -0.205. The third-order valence-corrected chi connectivity index (χ3v) is 2.51. The average molecular weight is 243 g/mol. The van der Waals surface area contributed by atoms with Crippen LogP contribution in [0.3, 0.4) is 0 Å². The monoisotopic (exact) mass is 243 g/mol. The minimum Gasteiger partial charge on any atom is -0.310 e. The van der Waals surface area contributed by atoms with Gasteiger partial charge in [-0.2, -0.15) is 0 Å². The Kier molecular flexibility index (Phi) is 3.49. The lowest BCUT2D eigenvalue weighted by Gasteiger charge is -2.17. The average Bonchev–Trinajstić information content (AvgIpc) is 2.46. The Morgan fingerprint density at radius 2 is 2.11 bits per heavy atom. The van der Waals surface area contributed by atoms with E-state index >= 15 is 0 Å². The molecule has 0 aromatic carbocycles. The molecule has 0 aliphatic heterocycles. The van der Waals surface area contributed by atoms with Crippen LogP contribution >= 0.6 is 0 Å². The molecular weight excluding hydrogens is 230 g/mol. The molecule has 0 radical (unpaired) electrons. The summed E-state index contributed by atoms with van der Waals surface area (Å²) >= 11 is 0. The molecule has 92 valence electrons. The number of nitrogens with zero attached hydrogens (tertiary/aromatic N) is 3. The van der Waals surface area contributed by atoms with E-state index in [1.54, 1.807) is 49.9 Å². The highest BCUT2D eigenvalue weighted by Crippen LogP contribution is 2.17. The number of anilines is 2. The summed E-state index contributed by atoms with van der Waals surface area (Å²) in [6.45, 7) is 0. The van der Waals surface area contributed by atoms with Crippen molar-refractivity contribution in [2.75, 3.05) is 17.4 Å². The van der Waals surface area contributed by atoms with Gasteiger partial charge in [0.25, 0.3) is 5.91 Å². The van der Waals surface area contributed by atoms with Crippen molar-refractivity contribution in [2.45, 2.75) is 0 Å². The molecule has 18 heavy (non-hydrogen) atoms. The van der Waals surface area contributed by atoms with Crippen LogP contribution in [0, 0.1) is 0 Å². The van der Waals surface area contributed by atoms with Crippen LogP contribution in [0.4, 0.5) is 11.5 Å². The van der Waals surface area contributed by atoms with Crippen molar-refractivity contribution in [3.8, 4) is 0 Å². The number of carbonyl (C=O) groups excluding carboxylic acids is 1. The van der Waals surface area contributed by atoms with E-state index in [2.05, 4.69) is 15.4 Å². The number of hydrogen-bond acceptors (Lipinski definition) is 5. The highest BCUT2D eigenvalue weighted by atomic mass is 16.2. The Morgan fingerprint density at radius 3 is 2.78 bits per heavy atom. The zero-order chi connectivity index (χ0) is 13.0. The number of nitrogens with one attached hydrogen (secondary N) is 1. The van der Waals surface area contributed by atoms with E-state index in [9.17, 15) is 4.79 Å². The molecule has 0 unspecified atom stereocenters. The topological polar surface area (TPSA) is 84.1 Å². The maximum absolute atomic E-state index is 12.3. The summed E-state index contributed by atoms with van der Waals surface area (Å²) in [5.74, 6) is 5.47. The van der Waals surface area contributed by atoms with E-state index in [0.717, 1.165) is 0 Å². The van der Waals surface area contributed by atoms with E-state index in [-0.39, 0.29) is 5.91 Å². The van der Waals surface area contributed by atoms with E-state index in [0.29, 0.717) is 17.1 Å². The summed E-state index contributed by atoms with van der Waals surface area (Å²) < 4.78 is 0. The first-order chi connectivity index (χ1) is 8.74. The second-order valence-electron chi connectivity index (χ2n) is 3.62. The second-order valence-corrected chi connectivity index (χ2v) is 3.62.